The van der Waals surface area contributed by atoms with Gasteiger partial charge in [-0.25, -0.2) is 0 Å². The number of aryl methyl sites for hydroxylation is 1. The van der Waals surface area contributed by atoms with Crippen molar-refractivity contribution < 1.29 is 0 Å². The van der Waals surface area contributed by atoms with E-state index in [4.69, 9.17) is 0 Å². The molecule has 2 aromatic rings. The zero-order valence-electron chi connectivity index (χ0n) is 8.93. The molecule has 0 fully saturated rings. The molecule has 0 atom stereocenters. The summed E-state index contributed by atoms with van der Waals surface area (Å²) in [4.78, 5) is 6.13. The van der Waals surface area contributed by atoms with Gasteiger partial charge in [0.1, 0.15) is 0 Å². The van der Waals surface area contributed by atoms with E-state index in [1.807, 2.05) is 17.4 Å². The van der Waals surface area contributed by atoms with Gasteiger partial charge >= 0.3 is 0 Å². The first-order chi connectivity index (χ1) is 7.70. The predicted molar refractivity (Wildman–Crippen MR) is 79.5 cm³/mol. The van der Waals surface area contributed by atoms with Crippen molar-refractivity contribution in [3.63, 3.8) is 0 Å². The summed E-state index contributed by atoms with van der Waals surface area (Å²) in [6.07, 6.45) is 3.68. The number of hydrogen-bond donors (Lipinski definition) is 1. The van der Waals surface area contributed by atoms with E-state index in [1.54, 1.807) is 17.4 Å². The van der Waals surface area contributed by atoms with Crippen molar-refractivity contribution in [2.75, 3.05) is 0 Å². The highest BCUT2D eigenvalue weighted by Crippen LogP contribution is 2.36. The van der Waals surface area contributed by atoms with Gasteiger partial charge in [0, 0.05) is 24.4 Å². The Morgan fingerprint density at radius 3 is 2.50 bits per heavy atom. The lowest BCUT2D eigenvalue weighted by Gasteiger charge is -1.92. The van der Waals surface area contributed by atoms with Crippen LogP contribution in [-0.4, -0.2) is 0 Å². The molecule has 2 heterocycles. The third kappa shape index (κ3) is 2.48. The van der Waals surface area contributed by atoms with Gasteiger partial charge in [0.05, 0.1) is 0 Å². The predicted octanol–water partition coefficient (Wildman–Crippen LogP) is 5.24. The molecule has 0 bridgehead atoms. The van der Waals surface area contributed by atoms with Crippen LogP contribution in [0.1, 0.15) is 9.75 Å². The Morgan fingerprint density at radius 1 is 1.19 bits per heavy atom. The minimum atomic E-state index is 0.972. The fraction of sp³-hybridized carbons (Fsp3) is 0.0769. The molecule has 0 nitrogen and oxygen atoms in total. The maximum Gasteiger partial charge on any atom is 0.0449 e. The third-order valence-electron chi connectivity index (χ3n) is 2.12. The fourth-order valence-electron chi connectivity index (χ4n) is 1.37. The molecule has 0 aliphatic rings. The van der Waals surface area contributed by atoms with Gasteiger partial charge in [0.2, 0.25) is 0 Å². The molecule has 0 unspecified atom stereocenters. The van der Waals surface area contributed by atoms with Crippen LogP contribution in [0.2, 0.25) is 0 Å². The average molecular weight is 264 g/mol. The Morgan fingerprint density at radius 2 is 1.88 bits per heavy atom. The van der Waals surface area contributed by atoms with Gasteiger partial charge in [-0.3, -0.25) is 0 Å². The van der Waals surface area contributed by atoms with Crippen LogP contribution in [0.5, 0.6) is 0 Å². The van der Waals surface area contributed by atoms with E-state index in [9.17, 15) is 0 Å². The number of thiophene rings is 2. The molecule has 0 aliphatic carbocycles. The van der Waals surface area contributed by atoms with Crippen LogP contribution in [0.15, 0.2) is 43.0 Å². The summed E-state index contributed by atoms with van der Waals surface area (Å²) >= 11 is 8.02. The monoisotopic (exact) mass is 264 g/mol. The molecular weight excluding hydrogens is 252 g/mol. The zero-order chi connectivity index (χ0) is 11.5. The molecule has 3 heteroatoms. The van der Waals surface area contributed by atoms with Crippen molar-refractivity contribution in [2.45, 2.75) is 6.92 Å². The molecule has 0 aliphatic heterocycles. The van der Waals surface area contributed by atoms with Gasteiger partial charge in [-0.05, 0) is 37.3 Å². The maximum atomic E-state index is 4.43. The van der Waals surface area contributed by atoms with Crippen molar-refractivity contribution in [1.29, 1.82) is 0 Å². The van der Waals surface area contributed by atoms with Crippen molar-refractivity contribution in [3.8, 4) is 9.75 Å². The second kappa shape index (κ2) is 5.04. The lowest BCUT2D eigenvalue weighted by molar-refractivity contribution is 1.64. The Hall–Kier alpha value is -0.770. The van der Waals surface area contributed by atoms with Crippen LogP contribution in [-0.2, 0) is 0 Å². The summed E-state index contributed by atoms with van der Waals surface area (Å²) in [7, 11) is 0. The fourth-order valence-corrected chi connectivity index (χ4v) is 3.57. The third-order valence-corrected chi connectivity index (χ3v) is 4.97. The summed E-state index contributed by atoms with van der Waals surface area (Å²) in [5, 5.41) is 0. The second-order valence-electron chi connectivity index (χ2n) is 3.36. The molecule has 0 radical (unpaired) electrons. The second-order valence-corrected chi connectivity index (χ2v) is 6.22. The normalized spacial score (nSPS) is 11.8. The van der Waals surface area contributed by atoms with Gasteiger partial charge < -0.3 is 0 Å². The minimum Gasteiger partial charge on any atom is -0.142 e. The van der Waals surface area contributed by atoms with Crippen LogP contribution in [0.4, 0.5) is 0 Å². The van der Waals surface area contributed by atoms with Crippen LogP contribution >= 0.6 is 35.3 Å². The van der Waals surface area contributed by atoms with E-state index in [1.165, 1.54) is 19.5 Å². The van der Waals surface area contributed by atoms with Gasteiger partial charge in [0.25, 0.3) is 0 Å². The van der Waals surface area contributed by atoms with Crippen LogP contribution < -0.4 is 0 Å². The molecule has 0 N–H and O–H groups in total. The highest BCUT2D eigenvalue weighted by atomic mass is 32.1. The topological polar surface area (TPSA) is 0 Å². The highest BCUT2D eigenvalue weighted by molar-refractivity contribution is 7.90. The van der Waals surface area contributed by atoms with Gasteiger partial charge in [0.15, 0.2) is 0 Å². The van der Waals surface area contributed by atoms with Crippen molar-refractivity contribution in [2.24, 2.45) is 0 Å². The molecule has 0 saturated heterocycles. The summed E-state index contributed by atoms with van der Waals surface area (Å²) in [5.74, 6) is 0. The van der Waals surface area contributed by atoms with Crippen LogP contribution in [0.25, 0.3) is 14.7 Å². The Labute approximate surface area is 109 Å². The standard InChI is InChI=1S/C13H12S3/c1-3-4-10(14)11-7-8-13(16-11)12-6-5-9(2)15-12/h3-8,14H,1H2,2H3/b10-4-. The summed E-state index contributed by atoms with van der Waals surface area (Å²) in [6, 6.07) is 8.58. The Balaban J connectivity index is 2.33. The molecule has 0 amide bonds. The average Bonchev–Trinajstić information content (AvgIpc) is 2.85. The van der Waals surface area contributed by atoms with Crippen LogP contribution in [0.3, 0.4) is 0 Å². The highest BCUT2D eigenvalue weighted by Gasteiger charge is 2.05. The smallest absolute Gasteiger partial charge is 0.0449 e. The maximum absolute atomic E-state index is 4.43. The first kappa shape index (κ1) is 11.7. The number of rotatable bonds is 3. The molecular formula is C13H12S3. The van der Waals surface area contributed by atoms with Gasteiger partial charge in [-0.15, -0.1) is 35.3 Å². The van der Waals surface area contributed by atoms with E-state index in [0.717, 1.165) is 4.91 Å². The molecule has 0 spiro atoms. The Kier molecular flexibility index (Phi) is 3.69. The lowest BCUT2D eigenvalue weighted by atomic mass is 10.3. The quantitative estimate of drug-likeness (QED) is 0.568. The number of hydrogen-bond acceptors (Lipinski definition) is 3. The number of allylic oxidation sites excluding steroid dienone is 2. The molecule has 16 heavy (non-hydrogen) atoms. The summed E-state index contributed by atoms with van der Waals surface area (Å²) in [6.45, 7) is 5.81. The molecule has 0 saturated carbocycles. The molecule has 82 valence electrons. The van der Waals surface area contributed by atoms with E-state index < -0.39 is 0 Å². The van der Waals surface area contributed by atoms with E-state index >= 15 is 0 Å². The SMILES string of the molecule is C=C/C=C(\S)c1ccc(-c2ccc(C)s2)s1. The minimum absolute atomic E-state index is 0.972. The first-order valence-corrected chi connectivity index (χ1v) is 6.97. The number of thiol groups is 1. The van der Waals surface area contributed by atoms with Gasteiger partial charge in [-0.2, -0.15) is 0 Å². The van der Waals surface area contributed by atoms with E-state index in [0.29, 0.717) is 0 Å². The van der Waals surface area contributed by atoms with E-state index in [-0.39, 0.29) is 0 Å². The molecule has 2 rings (SSSR count). The summed E-state index contributed by atoms with van der Waals surface area (Å²) in [5.41, 5.74) is 0. The van der Waals surface area contributed by atoms with E-state index in [2.05, 4.69) is 50.4 Å². The Bertz CT molecular complexity index is 529. The summed E-state index contributed by atoms with van der Waals surface area (Å²) < 4.78 is 0. The van der Waals surface area contributed by atoms with Gasteiger partial charge in [-0.1, -0.05) is 12.7 Å². The molecule has 0 aromatic carbocycles. The zero-order valence-corrected chi connectivity index (χ0v) is 11.5. The first-order valence-electron chi connectivity index (χ1n) is 4.89. The van der Waals surface area contributed by atoms with Crippen LogP contribution in [0, 0.1) is 6.92 Å². The molecule has 2 aromatic heterocycles. The van der Waals surface area contributed by atoms with Crippen molar-refractivity contribution >= 4 is 40.2 Å². The largest absolute Gasteiger partial charge is 0.142 e. The lowest BCUT2D eigenvalue weighted by Crippen LogP contribution is -1.63. The van der Waals surface area contributed by atoms with Crippen molar-refractivity contribution in [1.82, 2.24) is 0 Å². The van der Waals surface area contributed by atoms with Crippen molar-refractivity contribution in [3.05, 3.63) is 52.8 Å².